The van der Waals surface area contributed by atoms with Gasteiger partial charge in [-0.3, -0.25) is 19.3 Å². The zero-order valence-corrected chi connectivity index (χ0v) is 24.5. The Balaban J connectivity index is 1.41. The van der Waals surface area contributed by atoms with Crippen molar-refractivity contribution in [3.05, 3.63) is 118 Å². The van der Waals surface area contributed by atoms with Gasteiger partial charge < -0.3 is 25.4 Å². The molecule has 0 aromatic heterocycles. The summed E-state index contributed by atoms with van der Waals surface area (Å²) >= 11 is 0. The van der Waals surface area contributed by atoms with E-state index in [0.29, 0.717) is 17.7 Å². The zero-order valence-electron chi connectivity index (χ0n) is 24.5. The largest absolute Gasteiger partial charge is 0.507 e. The Morgan fingerprint density at radius 2 is 1.52 bits per heavy atom. The van der Waals surface area contributed by atoms with Crippen LogP contribution in [0.15, 0.2) is 95.8 Å². The van der Waals surface area contributed by atoms with Gasteiger partial charge in [0, 0.05) is 11.5 Å². The van der Waals surface area contributed by atoms with E-state index in [4.69, 9.17) is 15.2 Å². The maximum Gasteiger partial charge on any atom is 0.255 e. The number of ketones is 2. The summed E-state index contributed by atoms with van der Waals surface area (Å²) in [5, 5.41) is 23.7. The molecular weight excluding hydrogens is 560 g/mol. The van der Waals surface area contributed by atoms with Crippen molar-refractivity contribution >= 4 is 23.2 Å². The van der Waals surface area contributed by atoms with Gasteiger partial charge >= 0.3 is 0 Å². The van der Waals surface area contributed by atoms with Crippen LogP contribution < -0.4 is 10.5 Å². The molecule has 9 heteroatoms. The Labute approximate surface area is 255 Å². The lowest BCUT2D eigenvalue weighted by Crippen LogP contribution is -2.67. The number of aliphatic hydroxyl groups is 2. The summed E-state index contributed by atoms with van der Waals surface area (Å²) in [6.07, 6.45) is 0.561. The number of likely N-dealkylation sites (N-methyl/N-ethyl adjacent to an activating group) is 1. The highest BCUT2D eigenvalue weighted by molar-refractivity contribution is 6.33. The van der Waals surface area contributed by atoms with Crippen LogP contribution in [0, 0.1) is 11.8 Å². The average Bonchev–Trinajstić information content (AvgIpc) is 3.01. The van der Waals surface area contributed by atoms with Crippen LogP contribution >= 0.6 is 0 Å². The predicted octanol–water partition coefficient (Wildman–Crippen LogP) is 3.50. The van der Waals surface area contributed by atoms with E-state index in [0.717, 1.165) is 16.7 Å². The van der Waals surface area contributed by atoms with E-state index in [2.05, 4.69) is 0 Å². The van der Waals surface area contributed by atoms with E-state index in [-0.39, 0.29) is 36.7 Å². The molecule has 3 aliphatic rings. The lowest BCUT2D eigenvalue weighted by atomic mass is 9.57. The first kappa shape index (κ1) is 29.3. The first-order valence-electron chi connectivity index (χ1n) is 14.5. The van der Waals surface area contributed by atoms with E-state index in [1.165, 1.54) is 0 Å². The molecule has 0 spiro atoms. The van der Waals surface area contributed by atoms with Crippen LogP contribution in [0.25, 0.3) is 5.76 Å². The molecule has 1 fully saturated rings. The van der Waals surface area contributed by atoms with Gasteiger partial charge in [0.2, 0.25) is 11.6 Å². The number of rotatable bonds is 8. The third-order valence-corrected chi connectivity index (χ3v) is 8.89. The topological polar surface area (TPSA) is 139 Å². The highest BCUT2D eigenvalue weighted by Crippen LogP contribution is 2.52. The van der Waals surface area contributed by atoms with Crippen molar-refractivity contribution in [2.24, 2.45) is 17.6 Å². The number of aliphatic hydroxyl groups excluding tert-OH is 1. The first-order valence-corrected chi connectivity index (χ1v) is 14.5. The van der Waals surface area contributed by atoms with Crippen LogP contribution in [-0.2, 0) is 38.8 Å². The highest BCUT2D eigenvalue weighted by Gasteiger charge is 2.65. The molecule has 0 radical (unpaired) electrons. The number of carbonyl (C=O) groups excluding carboxylic acids is 3. The fourth-order valence-corrected chi connectivity index (χ4v) is 6.89. The molecule has 4 atom stereocenters. The van der Waals surface area contributed by atoms with E-state index < -0.39 is 46.5 Å². The van der Waals surface area contributed by atoms with Gasteiger partial charge in [0.25, 0.3) is 5.91 Å². The standard InChI is InChI=1S/C35H34N2O7/c1-37(2)29-24-17-23-16-22-14-9-15-25(43-18-20-10-5-3-6-11-20)26(22)30(38)27(23)32(39)35(24,42)33(40)28(34(36)41)31(29)44-19-21-12-7-4-8-13-21/h3-15,23-24,29,38,42H,16-19H2,1-2H3,(H2,36,41). The number of nitrogens with two attached hydrogens (primary N) is 1. The number of benzene rings is 3. The highest BCUT2D eigenvalue weighted by atomic mass is 16.5. The van der Waals surface area contributed by atoms with Crippen molar-refractivity contribution in [1.82, 2.24) is 4.90 Å². The molecule has 0 saturated heterocycles. The molecule has 3 aromatic carbocycles. The lowest BCUT2D eigenvalue weighted by molar-refractivity contribution is -0.162. The average molecular weight is 595 g/mol. The molecule has 3 aliphatic carbocycles. The van der Waals surface area contributed by atoms with Gasteiger partial charge in [-0.1, -0.05) is 72.8 Å². The third kappa shape index (κ3) is 4.78. The fourth-order valence-electron chi connectivity index (χ4n) is 6.89. The SMILES string of the molecule is CN(C)C1C(OCc2ccccc2)=C(C(N)=O)C(=O)C2(O)C(=O)C3=C(O)c4c(cccc4OCc4ccccc4)CC3CC12. The number of hydrogen-bond donors (Lipinski definition) is 3. The Hall–Kier alpha value is -4.73. The second-order valence-corrected chi connectivity index (χ2v) is 11.8. The summed E-state index contributed by atoms with van der Waals surface area (Å²) < 4.78 is 12.2. The van der Waals surface area contributed by atoms with Crippen molar-refractivity contribution < 1.29 is 34.1 Å². The molecule has 226 valence electrons. The summed E-state index contributed by atoms with van der Waals surface area (Å²) in [4.78, 5) is 42.8. The minimum Gasteiger partial charge on any atom is -0.507 e. The predicted molar refractivity (Wildman–Crippen MR) is 162 cm³/mol. The van der Waals surface area contributed by atoms with Gasteiger partial charge in [-0.15, -0.1) is 0 Å². The lowest BCUT2D eigenvalue weighted by Gasteiger charge is -2.50. The van der Waals surface area contributed by atoms with Gasteiger partial charge in [0.05, 0.1) is 11.6 Å². The summed E-state index contributed by atoms with van der Waals surface area (Å²) in [6.45, 7) is 0.295. The Morgan fingerprint density at radius 3 is 2.11 bits per heavy atom. The molecule has 0 bridgehead atoms. The Kier molecular flexibility index (Phi) is 7.61. The van der Waals surface area contributed by atoms with Crippen LogP contribution in [0.5, 0.6) is 5.75 Å². The van der Waals surface area contributed by atoms with Crippen molar-refractivity contribution in [1.29, 1.82) is 0 Å². The number of nitrogens with zero attached hydrogens (tertiary/aromatic N) is 1. The molecule has 0 heterocycles. The minimum atomic E-state index is -2.63. The van der Waals surface area contributed by atoms with Crippen molar-refractivity contribution in [2.45, 2.75) is 37.7 Å². The number of amides is 1. The number of Topliss-reactive ketones (excluding diaryl/α,β-unsaturated/α-hetero) is 2. The van der Waals surface area contributed by atoms with Crippen molar-refractivity contribution in [3.8, 4) is 5.75 Å². The van der Waals surface area contributed by atoms with Crippen LogP contribution in [0.3, 0.4) is 0 Å². The quantitative estimate of drug-likeness (QED) is 0.266. The smallest absolute Gasteiger partial charge is 0.255 e. The number of hydrogen-bond acceptors (Lipinski definition) is 8. The number of carbonyl (C=O) groups is 3. The molecule has 1 amide bonds. The van der Waals surface area contributed by atoms with Gasteiger partial charge in [0.1, 0.15) is 36.1 Å². The van der Waals surface area contributed by atoms with Crippen LogP contribution in [0.4, 0.5) is 0 Å². The molecule has 4 N–H and O–H groups in total. The van der Waals surface area contributed by atoms with E-state index >= 15 is 0 Å². The molecule has 1 saturated carbocycles. The first-order chi connectivity index (χ1) is 21.1. The summed E-state index contributed by atoms with van der Waals surface area (Å²) in [5.41, 5.74) is 5.37. The van der Waals surface area contributed by atoms with E-state index in [9.17, 15) is 24.6 Å². The number of fused-ring (bicyclic) bond motifs is 3. The summed E-state index contributed by atoms with van der Waals surface area (Å²) in [6, 6.07) is 23.4. The van der Waals surface area contributed by atoms with Gasteiger partial charge in [-0.2, -0.15) is 0 Å². The molecule has 44 heavy (non-hydrogen) atoms. The normalized spacial score (nSPS) is 24.5. The molecule has 6 rings (SSSR count). The van der Waals surface area contributed by atoms with Crippen LogP contribution in [0.1, 0.15) is 28.7 Å². The van der Waals surface area contributed by atoms with Crippen LogP contribution in [-0.4, -0.2) is 58.3 Å². The van der Waals surface area contributed by atoms with E-state index in [1.807, 2.05) is 72.8 Å². The van der Waals surface area contributed by atoms with Gasteiger partial charge in [-0.05, 0) is 55.6 Å². The fraction of sp³-hybridized carbons (Fsp3) is 0.286. The van der Waals surface area contributed by atoms with Crippen LogP contribution in [0.2, 0.25) is 0 Å². The summed E-state index contributed by atoms with van der Waals surface area (Å²) in [7, 11) is 3.45. The maximum absolute atomic E-state index is 14.3. The molecule has 3 aromatic rings. The molecule has 9 nitrogen and oxygen atoms in total. The second-order valence-electron chi connectivity index (χ2n) is 11.8. The van der Waals surface area contributed by atoms with Crippen molar-refractivity contribution in [2.75, 3.05) is 14.1 Å². The second kappa shape index (κ2) is 11.4. The summed E-state index contributed by atoms with van der Waals surface area (Å²) in [5.74, 6) is -4.53. The van der Waals surface area contributed by atoms with E-state index in [1.54, 1.807) is 25.1 Å². The third-order valence-electron chi connectivity index (χ3n) is 8.89. The zero-order chi connectivity index (χ0) is 31.2. The monoisotopic (exact) mass is 594 g/mol. The minimum absolute atomic E-state index is 0.0308. The van der Waals surface area contributed by atoms with Crippen molar-refractivity contribution in [3.63, 3.8) is 0 Å². The molecular formula is C35H34N2O7. The van der Waals surface area contributed by atoms with Gasteiger partial charge in [-0.25, -0.2) is 0 Å². The molecule has 0 aliphatic heterocycles. The number of primary amides is 1. The Morgan fingerprint density at radius 1 is 0.909 bits per heavy atom. The maximum atomic E-state index is 14.3. The molecule has 4 unspecified atom stereocenters. The Bertz CT molecular complexity index is 1700. The van der Waals surface area contributed by atoms with Gasteiger partial charge in [0.15, 0.2) is 5.60 Å². The number of ether oxygens (including phenoxy) is 2.